The van der Waals surface area contributed by atoms with Crippen molar-refractivity contribution in [2.75, 3.05) is 29.6 Å². The molecule has 12 heteroatoms. The van der Waals surface area contributed by atoms with E-state index >= 15 is 0 Å². The van der Waals surface area contributed by atoms with Gasteiger partial charge in [-0.3, -0.25) is 19.7 Å². The number of rotatable bonds is 10. The van der Waals surface area contributed by atoms with Gasteiger partial charge >= 0.3 is 5.97 Å². The van der Waals surface area contributed by atoms with Crippen molar-refractivity contribution in [3.05, 3.63) is 78.4 Å². The maximum Gasteiger partial charge on any atom is 0.306 e. The fraction of sp³-hybridized carbons (Fsp3) is 0.250. The highest BCUT2D eigenvalue weighted by Gasteiger charge is 2.42. The number of esters is 1. The summed E-state index contributed by atoms with van der Waals surface area (Å²) in [6.45, 7) is 0.166. The number of methoxy groups -OCH3 is 1. The fourth-order valence-electron chi connectivity index (χ4n) is 4.56. The quantitative estimate of drug-likeness (QED) is 0.186. The maximum absolute atomic E-state index is 13.3. The zero-order chi connectivity index (χ0) is 28.2. The first kappa shape index (κ1) is 30.5. The Kier molecular flexibility index (Phi) is 9.78. The van der Waals surface area contributed by atoms with Gasteiger partial charge in [-0.05, 0) is 47.9 Å². The number of halogens is 1. The third-order valence-corrected chi connectivity index (χ3v) is 7.01. The first-order valence-corrected chi connectivity index (χ1v) is 14.1. The normalized spacial score (nSPS) is 16.6. The van der Waals surface area contributed by atoms with E-state index < -0.39 is 21.9 Å². The molecule has 0 unspecified atom stereocenters. The Morgan fingerprint density at radius 3 is 2.27 bits per heavy atom. The van der Waals surface area contributed by atoms with Crippen LogP contribution in [0.15, 0.2) is 72.8 Å². The molecule has 1 fully saturated rings. The van der Waals surface area contributed by atoms with E-state index in [1.807, 2.05) is 36.4 Å². The molecule has 3 aromatic rings. The number of carbonyl (C=O) groups is 2. The van der Waals surface area contributed by atoms with Crippen LogP contribution in [-0.2, 0) is 24.3 Å². The number of anilines is 2. The summed E-state index contributed by atoms with van der Waals surface area (Å²) < 4.78 is 36.7. The molecule has 40 heavy (non-hydrogen) atoms. The minimum absolute atomic E-state index is 0. The summed E-state index contributed by atoms with van der Waals surface area (Å²) in [7, 11) is -2.23. The van der Waals surface area contributed by atoms with Gasteiger partial charge in [-0.15, -0.1) is 12.4 Å². The highest BCUT2D eigenvalue weighted by molar-refractivity contribution is 7.92. The van der Waals surface area contributed by atoms with Gasteiger partial charge in [0.15, 0.2) is 0 Å². The SMILES string of the molecule is COC(=O)C[C@@H]1C[C@@H](COc2ccc(-c3ccc(C(=N)N)cc3)cc2)N(c2cccc(NS(C)(=O)=O)c2)C1=O.Cl. The zero-order valence-electron chi connectivity index (χ0n) is 22.0. The summed E-state index contributed by atoms with van der Waals surface area (Å²) in [5, 5.41) is 7.52. The average molecular weight is 587 g/mol. The summed E-state index contributed by atoms with van der Waals surface area (Å²) in [5.74, 6) is -0.700. The molecule has 4 rings (SSSR count). The van der Waals surface area contributed by atoms with Crippen LogP contribution in [-0.4, -0.2) is 52.1 Å². The summed E-state index contributed by atoms with van der Waals surface area (Å²) >= 11 is 0. The Morgan fingerprint density at radius 2 is 1.70 bits per heavy atom. The smallest absolute Gasteiger partial charge is 0.306 e. The van der Waals surface area contributed by atoms with E-state index in [4.69, 9.17) is 20.6 Å². The number of benzene rings is 3. The number of nitrogens with zero attached hydrogens (tertiary/aromatic N) is 1. The third kappa shape index (κ3) is 7.51. The molecule has 10 nitrogen and oxygen atoms in total. The van der Waals surface area contributed by atoms with Crippen molar-refractivity contribution < 1.29 is 27.5 Å². The molecule has 0 aromatic heterocycles. The van der Waals surface area contributed by atoms with E-state index in [0.717, 1.165) is 17.4 Å². The molecule has 212 valence electrons. The van der Waals surface area contributed by atoms with E-state index in [9.17, 15) is 18.0 Å². The number of nitrogens with two attached hydrogens (primary N) is 1. The Hall–Kier alpha value is -4.09. The van der Waals surface area contributed by atoms with Crippen LogP contribution in [0.25, 0.3) is 11.1 Å². The molecule has 1 aliphatic rings. The fourth-order valence-corrected chi connectivity index (χ4v) is 5.11. The molecule has 2 atom stereocenters. The van der Waals surface area contributed by atoms with Crippen LogP contribution in [0.4, 0.5) is 11.4 Å². The highest BCUT2D eigenvalue weighted by atomic mass is 35.5. The average Bonchev–Trinajstić information content (AvgIpc) is 3.21. The minimum atomic E-state index is -3.50. The van der Waals surface area contributed by atoms with Crippen LogP contribution in [0.1, 0.15) is 18.4 Å². The number of carbonyl (C=O) groups excluding carboxylic acids is 2. The van der Waals surface area contributed by atoms with Gasteiger partial charge in [0.2, 0.25) is 15.9 Å². The van der Waals surface area contributed by atoms with Gasteiger partial charge in [0.25, 0.3) is 0 Å². The second kappa shape index (κ2) is 12.8. The van der Waals surface area contributed by atoms with Crippen LogP contribution in [0.2, 0.25) is 0 Å². The predicted molar refractivity (Wildman–Crippen MR) is 157 cm³/mol. The van der Waals surface area contributed by atoms with Gasteiger partial charge in [0.05, 0.1) is 37.4 Å². The Balaban J connectivity index is 0.00000441. The molecule has 4 N–H and O–H groups in total. The number of hydrogen-bond acceptors (Lipinski definition) is 7. The second-order valence-electron chi connectivity index (χ2n) is 9.33. The molecular formula is C28H31ClN4O6S. The molecule has 1 aliphatic heterocycles. The number of hydrogen-bond donors (Lipinski definition) is 3. The second-order valence-corrected chi connectivity index (χ2v) is 11.1. The monoisotopic (exact) mass is 586 g/mol. The van der Waals surface area contributed by atoms with Gasteiger partial charge in [0.1, 0.15) is 18.2 Å². The molecule has 1 saturated heterocycles. The Bertz CT molecular complexity index is 1480. The molecule has 3 aromatic carbocycles. The minimum Gasteiger partial charge on any atom is -0.491 e. The van der Waals surface area contributed by atoms with Crippen molar-refractivity contribution in [2.45, 2.75) is 18.9 Å². The van der Waals surface area contributed by atoms with Crippen molar-refractivity contribution in [1.82, 2.24) is 0 Å². The number of ether oxygens (including phenoxy) is 2. The molecule has 0 aliphatic carbocycles. The number of amidine groups is 1. The lowest BCUT2D eigenvalue weighted by Gasteiger charge is -2.25. The van der Waals surface area contributed by atoms with Gasteiger partial charge in [0, 0.05) is 11.3 Å². The largest absolute Gasteiger partial charge is 0.491 e. The number of nitrogens with one attached hydrogen (secondary N) is 2. The third-order valence-electron chi connectivity index (χ3n) is 6.40. The van der Waals surface area contributed by atoms with E-state index in [-0.39, 0.29) is 43.2 Å². The van der Waals surface area contributed by atoms with Crippen LogP contribution < -0.4 is 20.1 Å². The Labute approximate surface area is 239 Å². The molecule has 0 saturated carbocycles. The van der Waals surface area contributed by atoms with E-state index in [0.29, 0.717) is 29.1 Å². The molecule has 1 amide bonds. The van der Waals surface area contributed by atoms with Gasteiger partial charge in [-0.25, -0.2) is 8.42 Å². The van der Waals surface area contributed by atoms with Crippen LogP contribution >= 0.6 is 12.4 Å². The summed E-state index contributed by atoms with van der Waals surface area (Å²) in [5.41, 5.74) is 8.93. The lowest BCUT2D eigenvalue weighted by atomic mass is 10.0. The zero-order valence-corrected chi connectivity index (χ0v) is 23.6. The van der Waals surface area contributed by atoms with Crippen molar-refractivity contribution >= 4 is 51.5 Å². The molecule has 0 bridgehead atoms. The summed E-state index contributed by atoms with van der Waals surface area (Å²) in [6.07, 6.45) is 1.37. The first-order chi connectivity index (χ1) is 18.5. The summed E-state index contributed by atoms with van der Waals surface area (Å²) in [4.78, 5) is 26.8. The van der Waals surface area contributed by atoms with E-state index in [1.54, 1.807) is 41.3 Å². The molecular weight excluding hydrogens is 556 g/mol. The van der Waals surface area contributed by atoms with Crippen molar-refractivity contribution in [2.24, 2.45) is 11.7 Å². The van der Waals surface area contributed by atoms with Gasteiger partial charge in [-0.2, -0.15) is 0 Å². The number of sulfonamides is 1. The lowest BCUT2D eigenvalue weighted by molar-refractivity contribution is -0.143. The summed E-state index contributed by atoms with van der Waals surface area (Å²) in [6, 6.07) is 21.0. The van der Waals surface area contributed by atoms with Crippen molar-refractivity contribution in [1.29, 1.82) is 5.41 Å². The highest BCUT2D eigenvalue weighted by Crippen LogP contribution is 2.34. The standard InChI is InChI=1S/C28H30N4O6S.ClH/c1-37-26(33)15-21-14-24(32(28(21)34)23-5-3-4-22(16-23)31-39(2,35)36)17-38-25-12-10-19(11-13-25)18-6-8-20(9-7-18)27(29)30;/h3-13,16,21,24,31H,14-15,17H2,1-2H3,(H3,29,30);1H/t21-,24-;/m0./s1. The molecule has 0 radical (unpaired) electrons. The molecule has 0 spiro atoms. The van der Waals surface area contributed by atoms with Crippen molar-refractivity contribution in [3.8, 4) is 16.9 Å². The maximum atomic E-state index is 13.3. The Morgan fingerprint density at radius 1 is 1.07 bits per heavy atom. The van der Waals surface area contributed by atoms with Crippen LogP contribution in [0.5, 0.6) is 5.75 Å². The number of amides is 1. The van der Waals surface area contributed by atoms with Crippen molar-refractivity contribution in [3.63, 3.8) is 0 Å². The van der Waals surface area contributed by atoms with Crippen LogP contribution in [0, 0.1) is 11.3 Å². The van der Waals surface area contributed by atoms with E-state index in [1.165, 1.54) is 7.11 Å². The predicted octanol–water partition coefficient (Wildman–Crippen LogP) is 3.79. The first-order valence-electron chi connectivity index (χ1n) is 12.2. The molecule has 1 heterocycles. The van der Waals surface area contributed by atoms with Gasteiger partial charge in [-0.1, -0.05) is 42.5 Å². The van der Waals surface area contributed by atoms with Gasteiger partial charge < -0.3 is 20.1 Å². The van der Waals surface area contributed by atoms with Crippen LogP contribution in [0.3, 0.4) is 0 Å². The number of nitrogen functional groups attached to an aromatic ring is 1. The van der Waals surface area contributed by atoms with E-state index in [2.05, 4.69) is 4.72 Å². The topological polar surface area (TPSA) is 152 Å². The lowest BCUT2D eigenvalue weighted by Crippen LogP contribution is -2.37.